The number of hydrogen-bond donors (Lipinski definition) is 1. The maximum atomic E-state index is 12.2. The molecule has 0 aliphatic rings. The first-order chi connectivity index (χ1) is 9.10. The van der Waals surface area contributed by atoms with E-state index < -0.39 is 0 Å². The smallest absolute Gasteiger partial charge is 0.273 e. The van der Waals surface area contributed by atoms with Crippen molar-refractivity contribution in [3.05, 3.63) is 36.9 Å². The SMILES string of the molecule is CN(Cc1csc(Br)c1)C(=O)c1csc(CCN)n1.Cl. The maximum Gasteiger partial charge on any atom is 0.273 e. The first-order valence-electron chi connectivity index (χ1n) is 5.73. The summed E-state index contributed by atoms with van der Waals surface area (Å²) >= 11 is 6.52. The number of halogens is 2. The van der Waals surface area contributed by atoms with E-state index >= 15 is 0 Å². The molecule has 8 heteroatoms. The highest BCUT2D eigenvalue weighted by Gasteiger charge is 2.16. The predicted molar refractivity (Wildman–Crippen MR) is 89.9 cm³/mol. The van der Waals surface area contributed by atoms with Crippen molar-refractivity contribution in [1.82, 2.24) is 9.88 Å². The zero-order valence-electron chi connectivity index (χ0n) is 10.8. The summed E-state index contributed by atoms with van der Waals surface area (Å²) in [5.74, 6) is -0.0538. The zero-order valence-corrected chi connectivity index (χ0v) is 14.9. The van der Waals surface area contributed by atoms with E-state index in [2.05, 4.69) is 20.9 Å². The van der Waals surface area contributed by atoms with Gasteiger partial charge in [-0.05, 0) is 39.5 Å². The number of thiophene rings is 1. The summed E-state index contributed by atoms with van der Waals surface area (Å²) in [5, 5.41) is 4.75. The highest BCUT2D eigenvalue weighted by atomic mass is 79.9. The molecule has 2 heterocycles. The Balaban J connectivity index is 0.00000200. The zero-order chi connectivity index (χ0) is 13.8. The molecule has 2 N–H and O–H groups in total. The van der Waals surface area contributed by atoms with Crippen LogP contribution in [0.25, 0.3) is 0 Å². The third-order valence-corrected chi connectivity index (χ3v) is 4.98. The molecule has 2 aromatic rings. The minimum atomic E-state index is -0.0538. The summed E-state index contributed by atoms with van der Waals surface area (Å²) in [5.41, 5.74) is 7.10. The number of amides is 1. The highest BCUT2D eigenvalue weighted by Crippen LogP contribution is 2.22. The second-order valence-corrected chi connectivity index (χ2v) is 7.32. The van der Waals surface area contributed by atoms with Crippen LogP contribution in [0, 0.1) is 0 Å². The molecule has 0 aromatic carbocycles. The van der Waals surface area contributed by atoms with E-state index in [-0.39, 0.29) is 18.3 Å². The molecular formula is C12H15BrClN3OS2. The lowest BCUT2D eigenvalue weighted by Crippen LogP contribution is -2.26. The van der Waals surface area contributed by atoms with Gasteiger partial charge in [-0.25, -0.2) is 4.98 Å². The summed E-state index contributed by atoms with van der Waals surface area (Å²) in [6.45, 7) is 1.14. The van der Waals surface area contributed by atoms with Crippen LogP contribution < -0.4 is 5.73 Å². The fourth-order valence-corrected chi connectivity index (χ4v) is 3.61. The van der Waals surface area contributed by atoms with E-state index in [1.54, 1.807) is 28.7 Å². The van der Waals surface area contributed by atoms with Gasteiger partial charge in [-0.1, -0.05) is 0 Å². The number of carbonyl (C=O) groups is 1. The summed E-state index contributed by atoms with van der Waals surface area (Å²) in [4.78, 5) is 18.2. The number of thiazole rings is 1. The van der Waals surface area contributed by atoms with Crippen LogP contribution in [0.5, 0.6) is 0 Å². The summed E-state index contributed by atoms with van der Waals surface area (Å²) in [7, 11) is 1.79. The van der Waals surface area contributed by atoms with E-state index in [9.17, 15) is 4.79 Å². The van der Waals surface area contributed by atoms with Gasteiger partial charge in [0.05, 0.1) is 8.79 Å². The van der Waals surface area contributed by atoms with Crippen molar-refractivity contribution < 1.29 is 4.79 Å². The van der Waals surface area contributed by atoms with E-state index in [1.807, 2.05) is 11.4 Å². The Labute approximate surface area is 140 Å². The summed E-state index contributed by atoms with van der Waals surface area (Å²) < 4.78 is 1.07. The molecule has 0 aliphatic heterocycles. The fourth-order valence-electron chi connectivity index (χ4n) is 1.62. The number of nitrogens with zero attached hydrogens (tertiary/aromatic N) is 2. The van der Waals surface area contributed by atoms with Gasteiger partial charge in [0, 0.05) is 25.4 Å². The molecule has 0 saturated heterocycles. The predicted octanol–water partition coefficient (Wildman–Crippen LogP) is 3.16. The lowest BCUT2D eigenvalue weighted by molar-refractivity contribution is 0.0780. The van der Waals surface area contributed by atoms with Gasteiger partial charge in [-0.2, -0.15) is 0 Å². The van der Waals surface area contributed by atoms with Crippen LogP contribution in [-0.4, -0.2) is 29.4 Å². The molecule has 110 valence electrons. The Kier molecular flexibility index (Phi) is 7.11. The highest BCUT2D eigenvalue weighted by molar-refractivity contribution is 9.11. The average molecular weight is 397 g/mol. The molecule has 1 amide bonds. The van der Waals surface area contributed by atoms with Crippen molar-refractivity contribution in [2.45, 2.75) is 13.0 Å². The molecule has 2 aromatic heterocycles. The standard InChI is InChI=1S/C12H14BrN3OS2.ClH/c1-16(5-8-4-10(13)18-6-8)12(17)9-7-19-11(15-9)2-3-14;/h4,6-7H,2-3,5,14H2,1H3;1H. The van der Waals surface area contributed by atoms with Crippen molar-refractivity contribution >= 4 is 56.9 Å². The Hall–Kier alpha value is -0.470. The van der Waals surface area contributed by atoms with Gasteiger partial charge in [-0.15, -0.1) is 35.1 Å². The van der Waals surface area contributed by atoms with E-state index in [0.29, 0.717) is 18.8 Å². The molecule has 0 saturated carbocycles. The van der Waals surface area contributed by atoms with Crippen LogP contribution in [0.2, 0.25) is 0 Å². The van der Waals surface area contributed by atoms with Gasteiger partial charge < -0.3 is 10.6 Å². The molecule has 20 heavy (non-hydrogen) atoms. The molecule has 0 radical (unpaired) electrons. The Morgan fingerprint density at radius 3 is 2.80 bits per heavy atom. The normalized spacial score (nSPS) is 10.2. The topological polar surface area (TPSA) is 59.2 Å². The van der Waals surface area contributed by atoms with Gasteiger partial charge in [0.25, 0.3) is 5.91 Å². The van der Waals surface area contributed by atoms with E-state index in [0.717, 1.165) is 20.8 Å². The van der Waals surface area contributed by atoms with E-state index in [1.165, 1.54) is 11.3 Å². The van der Waals surface area contributed by atoms with Crippen molar-refractivity contribution in [3.63, 3.8) is 0 Å². The van der Waals surface area contributed by atoms with Crippen LogP contribution in [0.3, 0.4) is 0 Å². The minimum Gasteiger partial charge on any atom is -0.336 e. The lowest BCUT2D eigenvalue weighted by Gasteiger charge is -2.14. The first kappa shape index (κ1) is 17.6. The second-order valence-electron chi connectivity index (χ2n) is 4.09. The summed E-state index contributed by atoms with van der Waals surface area (Å²) in [6.07, 6.45) is 0.721. The number of nitrogens with two attached hydrogens (primary N) is 1. The van der Waals surface area contributed by atoms with Gasteiger partial charge in [-0.3, -0.25) is 4.79 Å². The molecule has 0 atom stereocenters. The Bertz CT molecular complexity index is 573. The molecule has 0 spiro atoms. The minimum absolute atomic E-state index is 0. The van der Waals surface area contributed by atoms with Gasteiger partial charge in [0.2, 0.25) is 0 Å². The van der Waals surface area contributed by atoms with Crippen LogP contribution in [-0.2, 0) is 13.0 Å². The first-order valence-corrected chi connectivity index (χ1v) is 8.28. The van der Waals surface area contributed by atoms with Crippen molar-refractivity contribution in [3.8, 4) is 0 Å². The molecule has 0 bridgehead atoms. The number of aromatic nitrogens is 1. The lowest BCUT2D eigenvalue weighted by atomic mass is 10.3. The van der Waals surface area contributed by atoms with Crippen LogP contribution in [0.1, 0.15) is 21.1 Å². The van der Waals surface area contributed by atoms with Crippen LogP contribution >= 0.6 is 51.0 Å². The number of carbonyl (C=O) groups excluding carboxylic acids is 1. The molecule has 0 unspecified atom stereocenters. The second kappa shape index (κ2) is 8.09. The quantitative estimate of drug-likeness (QED) is 0.844. The monoisotopic (exact) mass is 395 g/mol. The average Bonchev–Trinajstić information content (AvgIpc) is 2.98. The largest absolute Gasteiger partial charge is 0.336 e. The van der Waals surface area contributed by atoms with Crippen molar-refractivity contribution in [2.24, 2.45) is 5.73 Å². The van der Waals surface area contributed by atoms with E-state index in [4.69, 9.17) is 5.73 Å². The number of hydrogen-bond acceptors (Lipinski definition) is 5. The molecule has 0 aliphatic carbocycles. The Morgan fingerprint density at radius 2 is 2.20 bits per heavy atom. The fraction of sp³-hybridized carbons (Fsp3) is 0.333. The maximum absolute atomic E-state index is 12.2. The molecule has 4 nitrogen and oxygen atoms in total. The molecule has 2 rings (SSSR count). The summed E-state index contributed by atoms with van der Waals surface area (Å²) in [6, 6.07) is 2.02. The van der Waals surface area contributed by atoms with Gasteiger partial charge >= 0.3 is 0 Å². The third-order valence-electron chi connectivity index (χ3n) is 2.52. The van der Waals surface area contributed by atoms with Gasteiger partial charge in [0.1, 0.15) is 5.69 Å². The van der Waals surface area contributed by atoms with Crippen molar-refractivity contribution in [1.29, 1.82) is 0 Å². The van der Waals surface area contributed by atoms with Crippen LogP contribution in [0.4, 0.5) is 0 Å². The Morgan fingerprint density at radius 1 is 1.45 bits per heavy atom. The number of rotatable bonds is 5. The van der Waals surface area contributed by atoms with Crippen molar-refractivity contribution in [2.75, 3.05) is 13.6 Å². The molecule has 0 fully saturated rings. The van der Waals surface area contributed by atoms with Crippen LogP contribution in [0.15, 0.2) is 20.6 Å². The van der Waals surface area contributed by atoms with Gasteiger partial charge in [0.15, 0.2) is 0 Å². The third kappa shape index (κ3) is 4.53. The molecular weight excluding hydrogens is 382 g/mol.